The van der Waals surface area contributed by atoms with E-state index in [1.807, 2.05) is 24.4 Å². The van der Waals surface area contributed by atoms with Gasteiger partial charge in [0.2, 0.25) is 5.91 Å². The monoisotopic (exact) mass is 312 g/mol. The van der Waals surface area contributed by atoms with E-state index in [-0.39, 0.29) is 5.91 Å². The lowest BCUT2D eigenvalue weighted by molar-refractivity contribution is -0.116. The predicted octanol–water partition coefficient (Wildman–Crippen LogP) is 2.90. The molecule has 1 aliphatic heterocycles. The number of nitrogens with zero attached hydrogens (tertiary/aromatic N) is 3. The summed E-state index contributed by atoms with van der Waals surface area (Å²) in [6, 6.07) is 10.1. The van der Waals surface area contributed by atoms with Crippen molar-refractivity contribution in [1.29, 1.82) is 0 Å². The molecule has 1 fully saturated rings. The fraction of sp³-hybridized carbons (Fsp3) is 0.444. The molecule has 1 aromatic heterocycles. The first-order valence-electron chi connectivity index (χ1n) is 8.38. The zero-order chi connectivity index (χ0) is 15.9. The minimum Gasteiger partial charge on any atom is -0.326 e. The number of amides is 1. The van der Waals surface area contributed by atoms with Crippen molar-refractivity contribution >= 4 is 11.6 Å². The van der Waals surface area contributed by atoms with Crippen molar-refractivity contribution in [3.05, 3.63) is 48.3 Å². The van der Waals surface area contributed by atoms with Crippen LogP contribution in [0.2, 0.25) is 0 Å². The zero-order valence-corrected chi connectivity index (χ0v) is 13.4. The van der Waals surface area contributed by atoms with Crippen molar-refractivity contribution < 1.29 is 4.79 Å². The second-order valence-corrected chi connectivity index (χ2v) is 6.10. The molecule has 5 nitrogen and oxygen atoms in total. The number of nitrogens with one attached hydrogen (secondary N) is 1. The Morgan fingerprint density at radius 2 is 1.91 bits per heavy atom. The van der Waals surface area contributed by atoms with E-state index >= 15 is 0 Å². The first-order valence-corrected chi connectivity index (χ1v) is 8.38. The highest BCUT2D eigenvalue weighted by atomic mass is 16.1. The van der Waals surface area contributed by atoms with Crippen LogP contribution in [0.4, 0.5) is 5.69 Å². The van der Waals surface area contributed by atoms with Gasteiger partial charge in [-0.15, -0.1) is 0 Å². The standard InChI is InChI=1S/C18H24N4O/c23-18(9-14-22-13-4-10-19-22)20-17-7-5-16(6-8-17)15-21-11-2-1-3-12-21/h4-8,10,13H,1-3,9,11-12,14-15H2,(H,20,23). The molecule has 0 aliphatic carbocycles. The van der Waals surface area contributed by atoms with Crippen LogP contribution >= 0.6 is 0 Å². The van der Waals surface area contributed by atoms with Gasteiger partial charge in [0.25, 0.3) is 0 Å². The molecule has 0 bridgehead atoms. The third kappa shape index (κ3) is 4.93. The second kappa shape index (κ2) is 7.92. The van der Waals surface area contributed by atoms with Crippen molar-refractivity contribution in [2.24, 2.45) is 0 Å². The normalized spacial score (nSPS) is 15.5. The van der Waals surface area contributed by atoms with Gasteiger partial charge >= 0.3 is 0 Å². The SMILES string of the molecule is O=C(CCn1cccn1)Nc1ccc(CN2CCCCC2)cc1. The molecule has 1 aromatic carbocycles. The quantitative estimate of drug-likeness (QED) is 0.892. The van der Waals surface area contributed by atoms with Crippen molar-refractivity contribution in [2.45, 2.75) is 38.8 Å². The number of piperidine rings is 1. The van der Waals surface area contributed by atoms with Gasteiger partial charge in [-0.3, -0.25) is 14.4 Å². The summed E-state index contributed by atoms with van der Waals surface area (Å²) in [5.41, 5.74) is 2.17. The van der Waals surface area contributed by atoms with E-state index in [9.17, 15) is 4.79 Å². The number of hydrogen-bond donors (Lipinski definition) is 1. The zero-order valence-electron chi connectivity index (χ0n) is 13.4. The summed E-state index contributed by atoms with van der Waals surface area (Å²) in [5.74, 6) is 0.0179. The molecule has 1 saturated heterocycles. The molecule has 2 aromatic rings. The van der Waals surface area contributed by atoms with E-state index < -0.39 is 0 Å². The maximum absolute atomic E-state index is 11.9. The minimum absolute atomic E-state index is 0.0179. The average Bonchev–Trinajstić information content (AvgIpc) is 3.09. The fourth-order valence-electron chi connectivity index (χ4n) is 2.94. The number of hydrogen-bond acceptors (Lipinski definition) is 3. The van der Waals surface area contributed by atoms with Gasteiger partial charge in [0.05, 0.1) is 0 Å². The third-order valence-electron chi connectivity index (χ3n) is 4.22. The maximum atomic E-state index is 11.9. The van der Waals surface area contributed by atoms with Crippen LogP contribution in [-0.4, -0.2) is 33.7 Å². The van der Waals surface area contributed by atoms with Crippen LogP contribution in [0.3, 0.4) is 0 Å². The van der Waals surface area contributed by atoms with Crippen molar-refractivity contribution in [1.82, 2.24) is 14.7 Å². The van der Waals surface area contributed by atoms with Gasteiger partial charge in [0.1, 0.15) is 0 Å². The molecule has 5 heteroatoms. The molecule has 0 radical (unpaired) electrons. The van der Waals surface area contributed by atoms with Gasteiger partial charge in [-0.25, -0.2) is 0 Å². The third-order valence-corrected chi connectivity index (χ3v) is 4.22. The summed E-state index contributed by atoms with van der Waals surface area (Å²) in [5, 5.41) is 7.04. The molecule has 2 heterocycles. The molecule has 23 heavy (non-hydrogen) atoms. The summed E-state index contributed by atoms with van der Waals surface area (Å²) in [4.78, 5) is 14.5. The van der Waals surface area contributed by atoms with Gasteiger partial charge in [-0.2, -0.15) is 5.10 Å². The summed E-state index contributed by atoms with van der Waals surface area (Å²) < 4.78 is 1.77. The lowest BCUT2D eigenvalue weighted by Crippen LogP contribution is -2.29. The number of likely N-dealkylation sites (tertiary alicyclic amines) is 1. The van der Waals surface area contributed by atoms with E-state index in [2.05, 4.69) is 27.4 Å². The topological polar surface area (TPSA) is 50.2 Å². The number of carbonyl (C=O) groups is 1. The number of carbonyl (C=O) groups excluding carboxylic acids is 1. The van der Waals surface area contributed by atoms with E-state index in [4.69, 9.17) is 0 Å². The van der Waals surface area contributed by atoms with Crippen molar-refractivity contribution in [3.63, 3.8) is 0 Å². The molecular weight excluding hydrogens is 288 g/mol. The van der Waals surface area contributed by atoms with Crippen LogP contribution in [0.25, 0.3) is 0 Å². The number of aromatic nitrogens is 2. The van der Waals surface area contributed by atoms with E-state index in [1.54, 1.807) is 10.9 Å². The Kier molecular flexibility index (Phi) is 5.42. The first kappa shape index (κ1) is 15.7. The molecule has 0 unspecified atom stereocenters. The highest BCUT2D eigenvalue weighted by Gasteiger charge is 2.10. The number of anilines is 1. The largest absolute Gasteiger partial charge is 0.326 e. The molecular formula is C18H24N4O. The number of rotatable bonds is 6. The smallest absolute Gasteiger partial charge is 0.226 e. The Balaban J connectivity index is 1.45. The van der Waals surface area contributed by atoms with Crippen LogP contribution < -0.4 is 5.32 Å². The predicted molar refractivity (Wildman–Crippen MR) is 91.0 cm³/mol. The number of benzene rings is 1. The van der Waals surface area contributed by atoms with Crippen molar-refractivity contribution in [2.75, 3.05) is 18.4 Å². The summed E-state index contributed by atoms with van der Waals surface area (Å²) in [6.07, 6.45) is 7.99. The van der Waals surface area contributed by atoms with E-state index in [0.29, 0.717) is 13.0 Å². The summed E-state index contributed by atoms with van der Waals surface area (Å²) in [7, 11) is 0. The van der Waals surface area contributed by atoms with Gasteiger partial charge in [0.15, 0.2) is 0 Å². The second-order valence-electron chi connectivity index (χ2n) is 6.10. The molecule has 0 saturated carbocycles. The fourth-order valence-corrected chi connectivity index (χ4v) is 2.94. The summed E-state index contributed by atoms with van der Waals surface area (Å²) >= 11 is 0. The van der Waals surface area contributed by atoms with Crippen LogP contribution in [0.15, 0.2) is 42.7 Å². The Hall–Kier alpha value is -2.14. The van der Waals surface area contributed by atoms with Gasteiger partial charge in [-0.1, -0.05) is 18.6 Å². The Morgan fingerprint density at radius 1 is 1.13 bits per heavy atom. The Bertz CT molecular complexity index is 600. The average molecular weight is 312 g/mol. The molecule has 122 valence electrons. The van der Waals surface area contributed by atoms with Crippen molar-refractivity contribution in [3.8, 4) is 0 Å². The van der Waals surface area contributed by atoms with Gasteiger partial charge in [0, 0.05) is 37.6 Å². The Labute approximate surface area is 137 Å². The molecule has 0 spiro atoms. The molecule has 3 rings (SSSR count). The molecule has 1 amide bonds. The minimum atomic E-state index is 0.0179. The highest BCUT2D eigenvalue weighted by Crippen LogP contribution is 2.15. The first-order chi connectivity index (χ1) is 11.3. The molecule has 1 aliphatic rings. The van der Waals surface area contributed by atoms with Crippen LogP contribution in [0, 0.1) is 0 Å². The van der Waals surface area contributed by atoms with Gasteiger partial charge in [-0.05, 0) is 49.7 Å². The van der Waals surface area contributed by atoms with Crippen LogP contribution in [-0.2, 0) is 17.9 Å². The lowest BCUT2D eigenvalue weighted by atomic mass is 10.1. The van der Waals surface area contributed by atoms with Crippen LogP contribution in [0.5, 0.6) is 0 Å². The Morgan fingerprint density at radius 3 is 2.61 bits per heavy atom. The summed E-state index contributed by atoms with van der Waals surface area (Å²) in [6.45, 7) is 4.01. The lowest BCUT2D eigenvalue weighted by Gasteiger charge is -2.26. The molecule has 0 atom stereocenters. The van der Waals surface area contributed by atoms with E-state index in [1.165, 1.54) is 37.9 Å². The van der Waals surface area contributed by atoms with E-state index in [0.717, 1.165) is 12.2 Å². The van der Waals surface area contributed by atoms with Gasteiger partial charge < -0.3 is 5.32 Å². The number of aryl methyl sites for hydroxylation is 1. The van der Waals surface area contributed by atoms with Crippen LogP contribution in [0.1, 0.15) is 31.2 Å². The maximum Gasteiger partial charge on any atom is 0.226 e. The molecule has 1 N–H and O–H groups in total. The highest BCUT2D eigenvalue weighted by molar-refractivity contribution is 5.90.